The number of aromatic nitrogens is 5. The highest BCUT2D eigenvalue weighted by Gasteiger charge is 2.37. The molecular weight excluding hydrogens is 604 g/mol. The molecule has 2 atom stereocenters. The average Bonchev–Trinajstić information content (AvgIpc) is 3.61. The van der Waals surface area contributed by atoms with Crippen molar-refractivity contribution >= 4 is 38.6 Å². The summed E-state index contributed by atoms with van der Waals surface area (Å²) in [4.78, 5) is 30.4. The highest BCUT2D eigenvalue weighted by Crippen LogP contribution is 2.33. The second-order valence-electron chi connectivity index (χ2n) is 12.7. The number of fused-ring (bicyclic) bond motifs is 1. The molecule has 0 spiro atoms. The monoisotopic (exact) mass is 646 g/mol. The van der Waals surface area contributed by atoms with Gasteiger partial charge in [0.05, 0.1) is 16.1 Å². The third-order valence-corrected chi connectivity index (χ3v) is 11.0. The number of nitrogens with one attached hydrogen (secondary N) is 1. The van der Waals surface area contributed by atoms with E-state index in [0.717, 1.165) is 44.9 Å². The van der Waals surface area contributed by atoms with E-state index in [9.17, 15) is 18.0 Å². The molecule has 0 radical (unpaired) electrons. The SMILES string of the molecule is Cc1nn(C)cc1[C@@H](C(=O)NC1CCCCC1)N(C(=O)Cn1nnc2ccccc21)c1ccc(S(=O)(=O)N2CCC[C@@H](C)C2)cc1. The largest absolute Gasteiger partial charge is 0.351 e. The number of carbonyl (C=O) groups is 2. The van der Waals surface area contributed by atoms with Crippen molar-refractivity contribution < 1.29 is 18.0 Å². The molecule has 6 rings (SSSR count). The zero-order chi connectivity index (χ0) is 32.4. The summed E-state index contributed by atoms with van der Waals surface area (Å²) in [5.41, 5.74) is 2.94. The quantitative estimate of drug-likeness (QED) is 0.289. The normalized spacial score (nSPS) is 18.8. The zero-order valence-electron chi connectivity index (χ0n) is 26.7. The topological polar surface area (TPSA) is 135 Å². The van der Waals surface area contributed by atoms with Gasteiger partial charge in [-0.1, -0.05) is 43.5 Å². The fraction of sp³-hybridized carbons (Fsp3) is 0.485. The number of hydrogen-bond acceptors (Lipinski definition) is 7. The van der Waals surface area contributed by atoms with Gasteiger partial charge in [0.2, 0.25) is 21.8 Å². The van der Waals surface area contributed by atoms with E-state index in [2.05, 4.69) is 27.7 Å². The molecule has 12 nitrogen and oxygen atoms in total. The predicted octanol–water partition coefficient (Wildman–Crippen LogP) is 4.12. The number of hydrogen-bond donors (Lipinski definition) is 1. The van der Waals surface area contributed by atoms with E-state index in [4.69, 9.17) is 0 Å². The fourth-order valence-corrected chi connectivity index (χ4v) is 8.38. The first-order valence-electron chi connectivity index (χ1n) is 16.1. The third kappa shape index (κ3) is 6.57. The molecule has 244 valence electrons. The standard InChI is InChI=1S/C33H42N8O4S/c1-23-10-9-19-39(20-23)46(44,45)27-17-15-26(16-18-27)41(31(42)22-40-30-14-8-7-13-29(30)35-37-40)32(28-21-38(3)36-24(28)2)33(43)34-25-11-5-4-6-12-25/h7-8,13-18,21,23,25,32H,4-6,9-12,19-20,22H2,1-3H3,(H,34,43)/t23-,32+/m1/s1. The van der Waals surface area contributed by atoms with Gasteiger partial charge < -0.3 is 5.32 Å². The van der Waals surface area contributed by atoms with E-state index in [1.54, 1.807) is 30.1 Å². The Hall–Kier alpha value is -4.10. The minimum Gasteiger partial charge on any atom is -0.351 e. The van der Waals surface area contributed by atoms with Crippen LogP contribution in [-0.2, 0) is 33.2 Å². The molecule has 2 aromatic heterocycles. The highest BCUT2D eigenvalue weighted by atomic mass is 32.2. The van der Waals surface area contributed by atoms with Gasteiger partial charge >= 0.3 is 0 Å². The maximum absolute atomic E-state index is 14.5. The van der Waals surface area contributed by atoms with Crippen molar-refractivity contribution in [2.75, 3.05) is 18.0 Å². The Kier molecular flexibility index (Phi) is 9.23. The van der Waals surface area contributed by atoms with Crippen molar-refractivity contribution in [3.8, 4) is 0 Å². The van der Waals surface area contributed by atoms with Gasteiger partial charge in [0.1, 0.15) is 18.1 Å². The lowest BCUT2D eigenvalue weighted by Crippen LogP contribution is -2.48. The first-order valence-corrected chi connectivity index (χ1v) is 17.6. The van der Waals surface area contributed by atoms with E-state index >= 15 is 0 Å². The average molecular weight is 647 g/mol. The summed E-state index contributed by atoms with van der Waals surface area (Å²) in [6, 6.07) is 12.6. The molecule has 1 aliphatic carbocycles. The third-order valence-electron chi connectivity index (χ3n) is 9.15. The molecule has 1 saturated carbocycles. The van der Waals surface area contributed by atoms with Gasteiger partial charge in [0.15, 0.2) is 0 Å². The van der Waals surface area contributed by atoms with Crippen LogP contribution in [0.3, 0.4) is 0 Å². The molecule has 1 N–H and O–H groups in total. The second kappa shape index (κ2) is 13.3. The van der Waals surface area contributed by atoms with Gasteiger partial charge in [-0.2, -0.15) is 9.40 Å². The maximum Gasteiger partial charge on any atom is 0.249 e. The molecule has 0 unspecified atom stereocenters. The van der Waals surface area contributed by atoms with Crippen LogP contribution in [0.2, 0.25) is 0 Å². The number of aryl methyl sites for hydroxylation is 2. The summed E-state index contributed by atoms with van der Waals surface area (Å²) in [7, 11) is -1.94. The Morgan fingerprint density at radius 3 is 2.46 bits per heavy atom. The lowest BCUT2D eigenvalue weighted by molar-refractivity contribution is -0.127. The Balaban J connectivity index is 1.40. The summed E-state index contributed by atoms with van der Waals surface area (Å²) in [6.45, 7) is 4.65. The predicted molar refractivity (Wildman–Crippen MR) is 174 cm³/mol. The fourth-order valence-electron chi connectivity index (χ4n) is 6.78. The Morgan fingerprint density at radius 2 is 1.76 bits per heavy atom. The number of para-hydroxylation sites is 1. The van der Waals surface area contributed by atoms with Crippen LogP contribution in [-0.4, -0.2) is 68.4 Å². The van der Waals surface area contributed by atoms with Gasteiger partial charge in [-0.25, -0.2) is 13.1 Å². The Morgan fingerprint density at radius 1 is 1.02 bits per heavy atom. The smallest absolute Gasteiger partial charge is 0.249 e. The van der Waals surface area contributed by atoms with E-state index in [0.29, 0.717) is 41.1 Å². The van der Waals surface area contributed by atoms with Gasteiger partial charge in [-0.05, 0) is 74.9 Å². The number of anilines is 1. The van der Waals surface area contributed by atoms with Crippen LogP contribution in [0.15, 0.2) is 59.6 Å². The minimum atomic E-state index is -3.72. The van der Waals surface area contributed by atoms with Crippen LogP contribution in [0.1, 0.15) is 69.2 Å². The van der Waals surface area contributed by atoms with Crippen LogP contribution in [0, 0.1) is 12.8 Å². The van der Waals surface area contributed by atoms with Gasteiger partial charge in [0.25, 0.3) is 0 Å². The van der Waals surface area contributed by atoms with Crippen molar-refractivity contribution in [1.29, 1.82) is 0 Å². The molecule has 1 saturated heterocycles. The molecule has 46 heavy (non-hydrogen) atoms. The molecule has 2 aromatic carbocycles. The van der Waals surface area contributed by atoms with Crippen molar-refractivity contribution in [3.63, 3.8) is 0 Å². The molecule has 0 bridgehead atoms. The first-order chi connectivity index (χ1) is 22.1. The van der Waals surface area contributed by atoms with Gasteiger partial charge in [-0.3, -0.25) is 19.2 Å². The first kappa shape index (κ1) is 31.9. The molecular formula is C33H42N8O4S. The molecule has 1 aliphatic heterocycles. The number of rotatable bonds is 9. The summed E-state index contributed by atoms with van der Waals surface area (Å²) in [6.07, 6.45) is 8.56. The summed E-state index contributed by atoms with van der Waals surface area (Å²) < 4.78 is 31.8. The molecule has 2 fully saturated rings. The van der Waals surface area contributed by atoms with Crippen molar-refractivity contribution in [2.45, 2.75) is 82.3 Å². The molecule has 3 heterocycles. The van der Waals surface area contributed by atoms with Crippen molar-refractivity contribution in [3.05, 3.63) is 66.0 Å². The van der Waals surface area contributed by atoms with E-state index in [1.165, 1.54) is 26.0 Å². The molecule has 4 aromatic rings. The summed E-state index contributed by atoms with van der Waals surface area (Å²) in [5.74, 6) is -0.420. The molecule has 2 amide bonds. The van der Waals surface area contributed by atoms with Crippen LogP contribution in [0.25, 0.3) is 11.0 Å². The lowest BCUT2D eigenvalue weighted by Gasteiger charge is -2.33. The van der Waals surface area contributed by atoms with E-state index in [-0.39, 0.29) is 29.3 Å². The van der Waals surface area contributed by atoms with Crippen molar-refractivity contribution in [2.24, 2.45) is 13.0 Å². The number of carbonyl (C=O) groups excluding carboxylic acids is 2. The van der Waals surface area contributed by atoms with Crippen LogP contribution in [0.4, 0.5) is 5.69 Å². The summed E-state index contributed by atoms with van der Waals surface area (Å²) in [5, 5.41) is 16.2. The Labute approximate surface area is 269 Å². The number of piperidine rings is 1. The maximum atomic E-state index is 14.5. The number of nitrogens with zero attached hydrogens (tertiary/aromatic N) is 7. The van der Waals surface area contributed by atoms with E-state index < -0.39 is 22.0 Å². The lowest BCUT2D eigenvalue weighted by atomic mass is 9.94. The minimum absolute atomic E-state index is 0.0105. The number of benzene rings is 2. The highest BCUT2D eigenvalue weighted by molar-refractivity contribution is 7.89. The second-order valence-corrected chi connectivity index (χ2v) is 14.6. The Bertz CT molecular complexity index is 1810. The molecule has 13 heteroatoms. The van der Waals surface area contributed by atoms with Crippen LogP contribution >= 0.6 is 0 Å². The van der Waals surface area contributed by atoms with Crippen LogP contribution < -0.4 is 10.2 Å². The molecule has 2 aliphatic rings. The number of amides is 2. The van der Waals surface area contributed by atoms with Gasteiger partial charge in [-0.15, -0.1) is 5.10 Å². The van der Waals surface area contributed by atoms with E-state index in [1.807, 2.05) is 31.2 Å². The summed E-state index contributed by atoms with van der Waals surface area (Å²) >= 11 is 0. The van der Waals surface area contributed by atoms with Crippen molar-refractivity contribution in [1.82, 2.24) is 34.4 Å². The van der Waals surface area contributed by atoms with Gasteiger partial charge in [0, 0.05) is 43.6 Å². The number of sulfonamides is 1. The van der Waals surface area contributed by atoms with Crippen LogP contribution in [0.5, 0.6) is 0 Å². The zero-order valence-corrected chi connectivity index (χ0v) is 27.5.